The fraction of sp³-hybridized carbons (Fsp3) is 0.588. The van der Waals surface area contributed by atoms with Gasteiger partial charge in [-0.2, -0.15) is 0 Å². The summed E-state index contributed by atoms with van der Waals surface area (Å²) in [5, 5.41) is 0.205. The van der Waals surface area contributed by atoms with Crippen LogP contribution in [0.1, 0.15) is 36.7 Å². The number of fused-ring (bicyclic) bond motifs is 1. The molecule has 122 valence electrons. The van der Waals surface area contributed by atoms with E-state index < -0.39 is 8.32 Å². The van der Waals surface area contributed by atoms with Gasteiger partial charge in [0.25, 0.3) is 5.91 Å². The van der Waals surface area contributed by atoms with Crippen molar-refractivity contribution < 1.29 is 9.22 Å². The van der Waals surface area contributed by atoms with E-state index in [4.69, 9.17) is 4.43 Å². The lowest BCUT2D eigenvalue weighted by Crippen LogP contribution is -2.45. The van der Waals surface area contributed by atoms with Crippen LogP contribution in [0, 0.1) is 0 Å². The number of halogens is 1. The fourth-order valence-corrected chi connectivity index (χ4v) is 3.73. The Hall–Kier alpha value is -0.653. The molecule has 5 heteroatoms. The Labute approximate surface area is 143 Å². The molecule has 1 amide bonds. The van der Waals surface area contributed by atoms with Gasteiger partial charge in [-0.3, -0.25) is 4.79 Å². The summed E-state index contributed by atoms with van der Waals surface area (Å²) in [4.78, 5) is 14.5. The molecule has 0 unspecified atom stereocenters. The van der Waals surface area contributed by atoms with Gasteiger partial charge in [-0.15, -0.1) is 0 Å². The first kappa shape index (κ1) is 17.7. The number of benzene rings is 1. The van der Waals surface area contributed by atoms with Crippen LogP contribution in [0.2, 0.25) is 18.1 Å². The Bertz CT molecular complexity index is 566. The van der Waals surface area contributed by atoms with E-state index in [2.05, 4.69) is 49.8 Å². The molecule has 1 heterocycles. The van der Waals surface area contributed by atoms with Gasteiger partial charge in [0.05, 0.1) is 6.61 Å². The number of carbonyl (C=O) groups is 1. The summed E-state index contributed by atoms with van der Waals surface area (Å²) >= 11 is 3.45. The second kappa shape index (κ2) is 6.46. The molecule has 0 aliphatic carbocycles. The molecule has 0 atom stereocenters. The smallest absolute Gasteiger partial charge is 0.254 e. The van der Waals surface area contributed by atoms with Crippen LogP contribution in [0.4, 0.5) is 0 Å². The monoisotopic (exact) mass is 383 g/mol. The minimum Gasteiger partial charge on any atom is -0.415 e. The van der Waals surface area contributed by atoms with E-state index in [9.17, 15) is 4.79 Å². The summed E-state index contributed by atoms with van der Waals surface area (Å²) in [5.74, 6) is 0.126. The highest BCUT2D eigenvalue weighted by molar-refractivity contribution is 9.10. The lowest BCUT2D eigenvalue weighted by Gasteiger charge is -2.37. The van der Waals surface area contributed by atoms with Gasteiger partial charge in [-0.25, -0.2) is 0 Å². The van der Waals surface area contributed by atoms with E-state index in [1.165, 1.54) is 0 Å². The van der Waals surface area contributed by atoms with Crippen molar-refractivity contribution in [3.8, 4) is 0 Å². The minimum atomic E-state index is -1.74. The number of hydrogen-bond acceptors (Lipinski definition) is 2. The Kier molecular flexibility index (Phi) is 5.19. The molecule has 0 N–H and O–H groups in total. The molecule has 0 bridgehead atoms. The third kappa shape index (κ3) is 3.81. The Morgan fingerprint density at radius 2 is 2.00 bits per heavy atom. The van der Waals surface area contributed by atoms with Crippen molar-refractivity contribution in [1.82, 2.24) is 4.90 Å². The number of rotatable bonds is 4. The molecule has 1 aliphatic rings. The Morgan fingerprint density at radius 1 is 1.32 bits per heavy atom. The maximum absolute atomic E-state index is 12.6. The topological polar surface area (TPSA) is 29.5 Å². The van der Waals surface area contributed by atoms with Crippen LogP contribution < -0.4 is 0 Å². The van der Waals surface area contributed by atoms with Gasteiger partial charge in [0, 0.05) is 23.1 Å². The zero-order valence-electron chi connectivity index (χ0n) is 14.2. The number of carbonyl (C=O) groups excluding carboxylic acids is 1. The molecule has 0 saturated carbocycles. The van der Waals surface area contributed by atoms with Crippen molar-refractivity contribution in [3.63, 3.8) is 0 Å². The van der Waals surface area contributed by atoms with Crippen molar-refractivity contribution in [3.05, 3.63) is 33.8 Å². The van der Waals surface area contributed by atoms with E-state index in [1.54, 1.807) is 0 Å². The van der Waals surface area contributed by atoms with E-state index in [0.717, 1.165) is 28.6 Å². The molecular weight excluding hydrogens is 358 g/mol. The van der Waals surface area contributed by atoms with E-state index >= 15 is 0 Å². The van der Waals surface area contributed by atoms with Crippen LogP contribution in [0.5, 0.6) is 0 Å². The fourth-order valence-electron chi connectivity index (χ4n) is 2.33. The second-order valence-corrected chi connectivity index (χ2v) is 13.2. The number of nitrogens with zero attached hydrogens (tertiary/aromatic N) is 1. The van der Waals surface area contributed by atoms with Crippen LogP contribution in [-0.4, -0.2) is 38.8 Å². The summed E-state index contributed by atoms with van der Waals surface area (Å²) in [6.45, 7) is 13.3. The lowest BCUT2D eigenvalue weighted by atomic mass is 9.99. The first-order valence-corrected chi connectivity index (χ1v) is 11.5. The van der Waals surface area contributed by atoms with E-state index in [-0.39, 0.29) is 10.9 Å². The largest absolute Gasteiger partial charge is 0.415 e. The van der Waals surface area contributed by atoms with Crippen LogP contribution >= 0.6 is 15.9 Å². The van der Waals surface area contributed by atoms with Gasteiger partial charge < -0.3 is 9.33 Å². The van der Waals surface area contributed by atoms with Crippen molar-refractivity contribution in [2.45, 2.75) is 45.3 Å². The van der Waals surface area contributed by atoms with Crippen molar-refractivity contribution in [1.29, 1.82) is 0 Å². The third-order valence-corrected chi connectivity index (χ3v) is 9.90. The number of hydrogen-bond donors (Lipinski definition) is 0. The zero-order chi connectivity index (χ0) is 16.5. The summed E-state index contributed by atoms with van der Waals surface area (Å²) in [5.41, 5.74) is 1.97. The zero-order valence-corrected chi connectivity index (χ0v) is 16.8. The molecule has 2 rings (SSSR count). The molecule has 1 aromatic carbocycles. The maximum Gasteiger partial charge on any atom is 0.254 e. The quantitative estimate of drug-likeness (QED) is 0.717. The molecule has 3 nitrogen and oxygen atoms in total. The molecule has 0 radical (unpaired) electrons. The van der Waals surface area contributed by atoms with Gasteiger partial charge in [0.2, 0.25) is 0 Å². The second-order valence-electron chi connectivity index (χ2n) is 7.45. The maximum atomic E-state index is 12.6. The first-order valence-electron chi connectivity index (χ1n) is 7.83. The van der Waals surface area contributed by atoms with Crippen molar-refractivity contribution in [2.24, 2.45) is 0 Å². The van der Waals surface area contributed by atoms with Crippen LogP contribution in [0.15, 0.2) is 22.7 Å². The van der Waals surface area contributed by atoms with E-state index in [1.807, 2.05) is 23.1 Å². The highest BCUT2D eigenvalue weighted by atomic mass is 79.9. The van der Waals surface area contributed by atoms with Gasteiger partial charge in [-0.05, 0) is 42.2 Å². The summed E-state index contributed by atoms with van der Waals surface area (Å²) in [6.07, 6.45) is 0.925. The SMILES string of the molecule is CC(C)(C)[Si](C)(C)OCCN1CCc2ccc(Br)cc2C1=O. The van der Waals surface area contributed by atoms with Gasteiger partial charge in [0.15, 0.2) is 8.32 Å². The predicted molar refractivity (Wildman–Crippen MR) is 96.9 cm³/mol. The molecule has 0 spiro atoms. The molecule has 0 fully saturated rings. The predicted octanol–water partition coefficient (Wildman–Crippen LogP) is 4.47. The molecule has 0 saturated heterocycles. The molecule has 1 aliphatic heterocycles. The highest BCUT2D eigenvalue weighted by Gasteiger charge is 2.37. The lowest BCUT2D eigenvalue weighted by molar-refractivity contribution is 0.0709. The van der Waals surface area contributed by atoms with Gasteiger partial charge in [-0.1, -0.05) is 42.8 Å². The summed E-state index contributed by atoms with van der Waals surface area (Å²) in [7, 11) is -1.74. The first-order chi connectivity index (χ1) is 10.1. The Balaban J connectivity index is 1.97. The summed E-state index contributed by atoms with van der Waals surface area (Å²) in [6, 6.07) is 5.97. The van der Waals surface area contributed by atoms with Crippen molar-refractivity contribution >= 4 is 30.2 Å². The average molecular weight is 384 g/mol. The highest BCUT2D eigenvalue weighted by Crippen LogP contribution is 2.36. The standard InChI is InChI=1S/C17H26BrNO2Si/c1-17(2,3)22(4,5)21-11-10-19-9-8-13-6-7-14(18)12-15(13)16(19)20/h6-7,12H,8-11H2,1-5H3. The molecule has 0 aromatic heterocycles. The van der Waals surface area contributed by atoms with Crippen LogP contribution in [-0.2, 0) is 10.8 Å². The normalized spacial score (nSPS) is 15.9. The summed E-state index contributed by atoms with van der Waals surface area (Å²) < 4.78 is 7.15. The van der Waals surface area contributed by atoms with Gasteiger partial charge >= 0.3 is 0 Å². The van der Waals surface area contributed by atoms with E-state index in [0.29, 0.717) is 13.2 Å². The minimum absolute atomic E-state index is 0.126. The van der Waals surface area contributed by atoms with Crippen LogP contribution in [0.25, 0.3) is 0 Å². The Morgan fingerprint density at radius 3 is 2.64 bits per heavy atom. The number of amides is 1. The van der Waals surface area contributed by atoms with Gasteiger partial charge in [0.1, 0.15) is 0 Å². The van der Waals surface area contributed by atoms with Crippen molar-refractivity contribution in [2.75, 3.05) is 19.7 Å². The molecule has 1 aromatic rings. The average Bonchev–Trinajstić information content (AvgIpc) is 2.40. The third-order valence-electron chi connectivity index (χ3n) is 4.87. The van der Waals surface area contributed by atoms with Crippen LogP contribution in [0.3, 0.4) is 0 Å². The molecular formula is C17H26BrNO2Si. The molecule has 22 heavy (non-hydrogen) atoms.